The minimum atomic E-state index is -0.861. The van der Waals surface area contributed by atoms with Crippen molar-refractivity contribution < 1.29 is 5.11 Å². The number of nitrogens with zero attached hydrogens (tertiary/aromatic N) is 6. The zero-order valence-electron chi connectivity index (χ0n) is 11.0. The summed E-state index contributed by atoms with van der Waals surface area (Å²) in [7, 11) is 1.71. The summed E-state index contributed by atoms with van der Waals surface area (Å²) < 4.78 is 1.43. The van der Waals surface area contributed by atoms with Crippen LogP contribution in [0.3, 0.4) is 0 Å². The number of rotatable bonds is 5. The van der Waals surface area contributed by atoms with Gasteiger partial charge in [0.05, 0.1) is 5.60 Å². The second-order valence-corrected chi connectivity index (χ2v) is 4.54. The SMILES string of the molecule is CNc1nc(NCC(C)(C)O)nc(-n2cncn2)n1. The van der Waals surface area contributed by atoms with Crippen LogP contribution in [0.15, 0.2) is 12.7 Å². The van der Waals surface area contributed by atoms with Crippen LogP contribution in [-0.2, 0) is 0 Å². The molecule has 0 aliphatic heterocycles. The highest BCUT2D eigenvalue weighted by atomic mass is 16.3. The highest BCUT2D eigenvalue weighted by molar-refractivity contribution is 5.37. The lowest BCUT2D eigenvalue weighted by Gasteiger charge is -2.17. The quantitative estimate of drug-likeness (QED) is 0.673. The number of hydrogen-bond donors (Lipinski definition) is 3. The van der Waals surface area contributed by atoms with Crippen molar-refractivity contribution in [2.75, 3.05) is 24.2 Å². The third kappa shape index (κ3) is 3.58. The Balaban J connectivity index is 2.26. The summed E-state index contributed by atoms with van der Waals surface area (Å²) in [4.78, 5) is 16.4. The minimum Gasteiger partial charge on any atom is -0.389 e. The first-order valence-electron chi connectivity index (χ1n) is 5.73. The smallest absolute Gasteiger partial charge is 0.258 e. The van der Waals surface area contributed by atoms with Gasteiger partial charge in [-0.3, -0.25) is 0 Å². The van der Waals surface area contributed by atoms with Gasteiger partial charge in [0.2, 0.25) is 11.9 Å². The fourth-order valence-corrected chi connectivity index (χ4v) is 1.26. The normalized spacial score (nSPS) is 11.4. The number of anilines is 2. The van der Waals surface area contributed by atoms with E-state index >= 15 is 0 Å². The Morgan fingerprint density at radius 1 is 1.26 bits per heavy atom. The molecule has 3 N–H and O–H groups in total. The zero-order chi connectivity index (χ0) is 13.9. The molecule has 102 valence electrons. The third-order valence-corrected chi connectivity index (χ3v) is 2.15. The van der Waals surface area contributed by atoms with E-state index in [1.165, 1.54) is 17.3 Å². The Hall–Kier alpha value is -2.29. The van der Waals surface area contributed by atoms with Crippen LogP contribution < -0.4 is 10.6 Å². The molecule has 2 aromatic heterocycles. The molecule has 0 bridgehead atoms. The van der Waals surface area contributed by atoms with Crippen molar-refractivity contribution >= 4 is 11.9 Å². The molecule has 0 aromatic carbocycles. The fraction of sp³-hybridized carbons (Fsp3) is 0.500. The van der Waals surface area contributed by atoms with E-state index in [9.17, 15) is 5.11 Å². The maximum Gasteiger partial charge on any atom is 0.258 e. The molecule has 0 atom stereocenters. The van der Waals surface area contributed by atoms with Crippen molar-refractivity contribution in [1.29, 1.82) is 0 Å². The van der Waals surface area contributed by atoms with E-state index in [-0.39, 0.29) is 0 Å². The van der Waals surface area contributed by atoms with Crippen LogP contribution in [0.1, 0.15) is 13.8 Å². The minimum absolute atomic E-state index is 0.316. The van der Waals surface area contributed by atoms with E-state index < -0.39 is 5.60 Å². The molecule has 0 aliphatic rings. The van der Waals surface area contributed by atoms with Gasteiger partial charge in [-0.05, 0) is 13.8 Å². The van der Waals surface area contributed by atoms with Crippen LogP contribution in [0.5, 0.6) is 0 Å². The molecule has 0 saturated heterocycles. The van der Waals surface area contributed by atoms with Crippen LogP contribution in [0.4, 0.5) is 11.9 Å². The monoisotopic (exact) mass is 264 g/mol. The Morgan fingerprint density at radius 3 is 2.58 bits per heavy atom. The van der Waals surface area contributed by atoms with Gasteiger partial charge in [0.25, 0.3) is 5.95 Å². The maximum absolute atomic E-state index is 9.68. The van der Waals surface area contributed by atoms with E-state index in [1.54, 1.807) is 20.9 Å². The van der Waals surface area contributed by atoms with Gasteiger partial charge < -0.3 is 15.7 Å². The Kier molecular flexibility index (Phi) is 3.56. The Bertz CT molecular complexity index is 533. The van der Waals surface area contributed by atoms with Crippen molar-refractivity contribution in [3.63, 3.8) is 0 Å². The van der Waals surface area contributed by atoms with Gasteiger partial charge in [-0.2, -0.15) is 24.7 Å². The summed E-state index contributed by atoms with van der Waals surface area (Å²) >= 11 is 0. The fourth-order valence-electron chi connectivity index (χ4n) is 1.26. The lowest BCUT2D eigenvalue weighted by molar-refractivity contribution is 0.0943. The van der Waals surface area contributed by atoms with E-state index in [0.29, 0.717) is 24.4 Å². The van der Waals surface area contributed by atoms with Crippen molar-refractivity contribution in [1.82, 2.24) is 29.7 Å². The molecular formula is C10H16N8O. The number of hydrogen-bond acceptors (Lipinski definition) is 8. The molecule has 0 saturated carbocycles. The summed E-state index contributed by atoms with van der Waals surface area (Å²) in [5.41, 5.74) is -0.861. The molecule has 9 heteroatoms. The van der Waals surface area contributed by atoms with Crippen molar-refractivity contribution in [2.24, 2.45) is 0 Å². The second kappa shape index (κ2) is 5.14. The maximum atomic E-state index is 9.68. The van der Waals surface area contributed by atoms with E-state index in [0.717, 1.165) is 0 Å². The molecule has 9 nitrogen and oxygen atoms in total. The predicted molar refractivity (Wildman–Crippen MR) is 69.1 cm³/mol. The molecule has 0 fully saturated rings. The molecule has 0 unspecified atom stereocenters. The number of aliphatic hydroxyl groups is 1. The summed E-state index contributed by atoms with van der Waals surface area (Å²) in [6, 6.07) is 0. The van der Waals surface area contributed by atoms with Crippen LogP contribution in [0.25, 0.3) is 5.95 Å². The molecule has 0 amide bonds. The van der Waals surface area contributed by atoms with Gasteiger partial charge >= 0.3 is 0 Å². The lowest BCUT2D eigenvalue weighted by Crippen LogP contribution is -2.30. The standard InChI is InChI=1S/C10H16N8O/c1-10(2,19)4-13-8-15-7(11-3)16-9(17-8)18-6-12-5-14-18/h5-6,19H,4H2,1-3H3,(H2,11,13,15,16,17). The van der Waals surface area contributed by atoms with Crippen LogP contribution in [0, 0.1) is 0 Å². The van der Waals surface area contributed by atoms with E-state index in [4.69, 9.17) is 0 Å². The van der Waals surface area contributed by atoms with Gasteiger partial charge in [-0.15, -0.1) is 0 Å². The molecule has 2 aromatic rings. The summed E-state index contributed by atoms with van der Waals surface area (Å²) in [5.74, 6) is 1.10. The second-order valence-electron chi connectivity index (χ2n) is 4.54. The van der Waals surface area contributed by atoms with Gasteiger partial charge in [0.1, 0.15) is 12.7 Å². The van der Waals surface area contributed by atoms with Gasteiger partial charge in [0, 0.05) is 13.6 Å². The Labute approximate surface area is 110 Å². The first-order chi connectivity index (χ1) is 8.98. The van der Waals surface area contributed by atoms with E-state index in [2.05, 4.69) is 35.7 Å². The van der Waals surface area contributed by atoms with Gasteiger partial charge in [-0.1, -0.05) is 0 Å². The van der Waals surface area contributed by atoms with Crippen molar-refractivity contribution in [2.45, 2.75) is 19.4 Å². The average molecular weight is 264 g/mol. The largest absolute Gasteiger partial charge is 0.389 e. The van der Waals surface area contributed by atoms with Crippen LogP contribution in [0.2, 0.25) is 0 Å². The molecule has 19 heavy (non-hydrogen) atoms. The molecule has 2 heterocycles. The topological polar surface area (TPSA) is 114 Å². The molecule has 0 spiro atoms. The third-order valence-electron chi connectivity index (χ3n) is 2.15. The van der Waals surface area contributed by atoms with Crippen molar-refractivity contribution in [3.05, 3.63) is 12.7 Å². The molecular weight excluding hydrogens is 248 g/mol. The summed E-state index contributed by atoms with van der Waals surface area (Å²) in [6.07, 6.45) is 2.89. The lowest BCUT2D eigenvalue weighted by atomic mass is 10.1. The molecule has 0 aliphatic carbocycles. The zero-order valence-corrected chi connectivity index (χ0v) is 11.0. The predicted octanol–water partition coefficient (Wildman–Crippen LogP) is -0.323. The summed E-state index contributed by atoms with van der Waals surface area (Å²) in [6.45, 7) is 3.70. The molecule has 0 radical (unpaired) electrons. The van der Waals surface area contributed by atoms with Crippen LogP contribution in [-0.4, -0.2) is 54.0 Å². The molecule has 2 rings (SSSR count). The highest BCUT2D eigenvalue weighted by Crippen LogP contribution is 2.09. The number of nitrogens with one attached hydrogen (secondary N) is 2. The van der Waals surface area contributed by atoms with Crippen molar-refractivity contribution in [3.8, 4) is 5.95 Å². The van der Waals surface area contributed by atoms with Gasteiger partial charge in [0.15, 0.2) is 0 Å². The Morgan fingerprint density at radius 2 is 2.00 bits per heavy atom. The average Bonchev–Trinajstić information content (AvgIpc) is 2.89. The first kappa shape index (κ1) is 13.1. The van der Waals surface area contributed by atoms with Crippen LogP contribution >= 0.6 is 0 Å². The number of aromatic nitrogens is 6. The highest BCUT2D eigenvalue weighted by Gasteiger charge is 2.14. The van der Waals surface area contributed by atoms with Gasteiger partial charge in [-0.25, -0.2) is 4.98 Å². The van der Waals surface area contributed by atoms with E-state index in [1.807, 2.05) is 0 Å². The first-order valence-corrected chi connectivity index (χ1v) is 5.73. The summed E-state index contributed by atoms with van der Waals surface area (Å²) in [5, 5.41) is 19.4.